The minimum atomic E-state index is -1.13. The SMILES string of the molecule is CC(C)(CCc1cc(F)c(F)cc1F)CNC1CC1. The van der Waals surface area contributed by atoms with Gasteiger partial charge in [0.2, 0.25) is 0 Å². The van der Waals surface area contributed by atoms with Crippen molar-refractivity contribution in [3.05, 3.63) is 35.1 Å². The Morgan fingerprint density at radius 1 is 1.11 bits per heavy atom. The molecule has 0 unspecified atom stereocenters. The van der Waals surface area contributed by atoms with E-state index >= 15 is 0 Å². The van der Waals surface area contributed by atoms with Crippen LogP contribution in [-0.2, 0) is 6.42 Å². The fourth-order valence-electron chi connectivity index (χ4n) is 2.02. The van der Waals surface area contributed by atoms with Gasteiger partial charge in [-0.2, -0.15) is 0 Å². The van der Waals surface area contributed by atoms with Gasteiger partial charge in [-0.1, -0.05) is 13.8 Å². The highest BCUT2D eigenvalue weighted by Crippen LogP contribution is 2.26. The fourth-order valence-corrected chi connectivity index (χ4v) is 2.02. The molecule has 0 amide bonds. The summed E-state index contributed by atoms with van der Waals surface area (Å²) in [5.74, 6) is -2.77. The molecule has 106 valence electrons. The van der Waals surface area contributed by atoms with Crippen molar-refractivity contribution in [3.63, 3.8) is 0 Å². The summed E-state index contributed by atoms with van der Waals surface area (Å²) in [6.07, 6.45) is 3.61. The Morgan fingerprint density at radius 3 is 2.37 bits per heavy atom. The van der Waals surface area contributed by atoms with Crippen LogP contribution in [0.4, 0.5) is 13.2 Å². The summed E-state index contributed by atoms with van der Waals surface area (Å²) in [5.41, 5.74) is 0.262. The lowest BCUT2D eigenvalue weighted by Crippen LogP contribution is -2.31. The molecule has 1 nitrogen and oxygen atoms in total. The van der Waals surface area contributed by atoms with E-state index in [0.717, 1.165) is 19.0 Å². The fraction of sp³-hybridized carbons (Fsp3) is 0.600. The number of benzene rings is 1. The van der Waals surface area contributed by atoms with Crippen LogP contribution in [0.25, 0.3) is 0 Å². The molecule has 1 aromatic rings. The lowest BCUT2D eigenvalue weighted by atomic mass is 9.86. The molecule has 0 saturated heterocycles. The summed E-state index contributed by atoms with van der Waals surface area (Å²) in [5, 5.41) is 3.44. The Bertz CT molecular complexity index is 453. The van der Waals surface area contributed by atoms with Crippen molar-refractivity contribution in [2.45, 2.75) is 45.6 Å². The maximum absolute atomic E-state index is 13.5. The zero-order valence-electron chi connectivity index (χ0n) is 11.4. The summed E-state index contributed by atoms with van der Waals surface area (Å²) in [4.78, 5) is 0. The summed E-state index contributed by atoms with van der Waals surface area (Å²) in [6.45, 7) is 5.06. The minimum absolute atomic E-state index is 0.0138. The highest BCUT2D eigenvalue weighted by molar-refractivity contribution is 5.20. The first kappa shape index (κ1) is 14.4. The first-order chi connectivity index (χ1) is 8.87. The summed E-state index contributed by atoms with van der Waals surface area (Å²) >= 11 is 0. The number of nitrogens with one attached hydrogen (secondary N) is 1. The molecule has 1 aliphatic rings. The van der Waals surface area contributed by atoms with E-state index in [0.29, 0.717) is 18.5 Å². The van der Waals surface area contributed by atoms with Gasteiger partial charge in [0.15, 0.2) is 11.6 Å². The molecule has 0 radical (unpaired) electrons. The second-order valence-electron chi connectivity index (χ2n) is 6.18. The largest absolute Gasteiger partial charge is 0.313 e. The van der Waals surface area contributed by atoms with Crippen molar-refractivity contribution in [3.8, 4) is 0 Å². The van der Waals surface area contributed by atoms with Crippen LogP contribution in [0.1, 0.15) is 38.7 Å². The molecule has 19 heavy (non-hydrogen) atoms. The third kappa shape index (κ3) is 4.23. The predicted octanol–water partition coefficient (Wildman–Crippen LogP) is 3.81. The quantitative estimate of drug-likeness (QED) is 0.776. The summed E-state index contributed by atoms with van der Waals surface area (Å²) in [6, 6.07) is 2.23. The topological polar surface area (TPSA) is 12.0 Å². The molecule has 0 atom stereocenters. The second-order valence-corrected chi connectivity index (χ2v) is 6.18. The third-order valence-corrected chi connectivity index (χ3v) is 3.61. The standard InChI is InChI=1S/C15H20F3N/c1-15(2,9-19-11-3-4-11)6-5-10-7-13(17)14(18)8-12(10)16/h7-8,11,19H,3-6,9H2,1-2H3. The van der Waals surface area contributed by atoms with Crippen LogP contribution in [0.15, 0.2) is 12.1 Å². The zero-order valence-corrected chi connectivity index (χ0v) is 11.4. The summed E-state index contributed by atoms with van der Waals surface area (Å²) in [7, 11) is 0. The molecule has 0 heterocycles. The van der Waals surface area contributed by atoms with Crippen LogP contribution in [-0.4, -0.2) is 12.6 Å². The van der Waals surface area contributed by atoms with E-state index in [1.165, 1.54) is 12.8 Å². The predicted molar refractivity (Wildman–Crippen MR) is 69.4 cm³/mol. The number of hydrogen-bond acceptors (Lipinski definition) is 1. The molecule has 2 rings (SSSR count). The van der Waals surface area contributed by atoms with Gasteiger partial charge < -0.3 is 5.32 Å². The number of aryl methyl sites for hydroxylation is 1. The summed E-state index contributed by atoms with van der Waals surface area (Å²) < 4.78 is 39.4. The average Bonchev–Trinajstić information content (AvgIpc) is 3.14. The Hall–Kier alpha value is -1.03. The zero-order chi connectivity index (χ0) is 14.0. The van der Waals surface area contributed by atoms with Crippen LogP contribution < -0.4 is 5.32 Å². The Morgan fingerprint density at radius 2 is 1.74 bits per heavy atom. The van der Waals surface area contributed by atoms with Crippen LogP contribution >= 0.6 is 0 Å². The van der Waals surface area contributed by atoms with Crippen molar-refractivity contribution in [1.82, 2.24) is 5.32 Å². The van der Waals surface area contributed by atoms with Gasteiger partial charge in [-0.25, -0.2) is 13.2 Å². The van der Waals surface area contributed by atoms with Crippen LogP contribution in [0.3, 0.4) is 0 Å². The maximum Gasteiger partial charge on any atom is 0.161 e. The Balaban J connectivity index is 1.91. The van der Waals surface area contributed by atoms with E-state index in [4.69, 9.17) is 0 Å². The van der Waals surface area contributed by atoms with E-state index in [-0.39, 0.29) is 11.0 Å². The number of halogens is 3. The molecule has 0 aromatic heterocycles. The van der Waals surface area contributed by atoms with E-state index in [9.17, 15) is 13.2 Å². The van der Waals surface area contributed by atoms with Crippen LogP contribution in [0.5, 0.6) is 0 Å². The van der Waals surface area contributed by atoms with Crippen molar-refractivity contribution < 1.29 is 13.2 Å². The van der Waals surface area contributed by atoms with E-state index in [1.807, 2.05) is 0 Å². The van der Waals surface area contributed by atoms with Gasteiger partial charge in [0.25, 0.3) is 0 Å². The third-order valence-electron chi connectivity index (χ3n) is 3.61. The first-order valence-corrected chi connectivity index (χ1v) is 6.74. The molecular weight excluding hydrogens is 251 g/mol. The molecule has 1 aromatic carbocycles. The molecule has 1 N–H and O–H groups in total. The lowest BCUT2D eigenvalue weighted by molar-refractivity contribution is 0.311. The average molecular weight is 271 g/mol. The molecule has 1 aliphatic carbocycles. The molecule has 1 saturated carbocycles. The monoisotopic (exact) mass is 271 g/mol. The van der Waals surface area contributed by atoms with Crippen LogP contribution in [0, 0.1) is 22.9 Å². The minimum Gasteiger partial charge on any atom is -0.313 e. The van der Waals surface area contributed by atoms with Crippen molar-refractivity contribution >= 4 is 0 Å². The van der Waals surface area contributed by atoms with Gasteiger partial charge >= 0.3 is 0 Å². The van der Waals surface area contributed by atoms with Gasteiger partial charge in [-0.3, -0.25) is 0 Å². The Kier molecular flexibility index (Phi) is 4.19. The number of hydrogen-bond donors (Lipinski definition) is 1. The van der Waals surface area contributed by atoms with E-state index < -0.39 is 17.5 Å². The lowest BCUT2D eigenvalue weighted by Gasteiger charge is -2.25. The molecule has 0 bridgehead atoms. The van der Waals surface area contributed by atoms with E-state index in [2.05, 4.69) is 19.2 Å². The van der Waals surface area contributed by atoms with Gasteiger partial charge in [0, 0.05) is 18.7 Å². The van der Waals surface area contributed by atoms with Crippen molar-refractivity contribution in [1.29, 1.82) is 0 Å². The molecule has 4 heteroatoms. The van der Waals surface area contributed by atoms with Gasteiger partial charge in [-0.05, 0) is 42.7 Å². The maximum atomic E-state index is 13.5. The molecule has 0 spiro atoms. The highest BCUT2D eigenvalue weighted by atomic mass is 19.2. The van der Waals surface area contributed by atoms with Gasteiger partial charge in [0.1, 0.15) is 5.82 Å². The normalized spacial score (nSPS) is 15.8. The van der Waals surface area contributed by atoms with Gasteiger partial charge in [-0.15, -0.1) is 0 Å². The Labute approximate surface area is 112 Å². The highest BCUT2D eigenvalue weighted by Gasteiger charge is 2.25. The smallest absolute Gasteiger partial charge is 0.161 e. The first-order valence-electron chi connectivity index (χ1n) is 6.74. The number of rotatable bonds is 6. The van der Waals surface area contributed by atoms with Gasteiger partial charge in [0.05, 0.1) is 0 Å². The van der Waals surface area contributed by atoms with E-state index in [1.54, 1.807) is 0 Å². The van der Waals surface area contributed by atoms with Crippen LogP contribution in [0.2, 0.25) is 0 Å². The second kappa shape index (κ2) is 5.53. The van der Waals surface area contributed by atoms with Crippen molar-refractivity contribution in [2.24, 2.45) is 5.41 Å². The molecule has 0 aliphatic heterocycles. The molecule has 1 fully saturated rings. The van der Waals surface area contributed by atoms with Crippen molar-refractivity contribution in [2.75, 3.05) is 6.54 Å². The molecular formula is C15H20F3N.